The molecule has 0 radical (unpaired) electrons. The number of nitrogens with zero attached hydrogens (tertiary/aromatic N) is 6. The van der Waals surface area contributed by atoms with Gasteiger partial charge >= 0.3 is 0 Å². The molecule has 78 heavy (non-hydrogen) atoms. The quantitative estimate of drug-likeness (QED) is 0.139. The molecule has 24 aliphatic heterocycles. The third-order valence-corrected chi connectivity index (χ3v) is 18.9. The number of carbonyl (C=O) groups is 12. The smallest absolute Gasteiger partial charge is 0.261 e. The third kappa shape index (κ3) is 5.32. The number of carbonyl (C=O) groups excluding carboxylic acids is 12. The Hall–Kier alpha value is -9.06. The van der Waals surface area contributed by atoms with Crippen molar-refractivity contribution >= 4 is 103 Å². The van der Waals surface area contributed by atoms with Gasteiger partial charge in [0, 0.05) is 99.1 Å². The Morgan fingerprint density at radius 3 is 0.397 bits per heavy atom. The highest BCUT2D eigenvalue weighted by atomic mass is 16.2. The van der Waals surface area contributed by atoms with Gasteiger partial charge in [-0.3, -0.25) is 86.9 Å². The third-order valence-electron chi connectivity index (χ3n) is 18.9. The lowest BCUT2D eigenvalue weighted by Gasteiger charge is -2.47. The fourth-order valence-corrected chi connectivity index (χ4v) is 15.6. The van der Waals surface area contributed by atoms with E-state index in [-0.39, 0.29) is 138 Å². The van der Waals surface area contributed by atoms with Crippen molar-refractivity contribution in [3.8, 4) is 0 Å². The zero-order valence-electron chi connectivity index (χ0n) is 41.5. The molecule has 384 valence electrons. The first-order valence-electron chi connectivity index (χ1n) is 26.8. The van der Waals surface area contributed by atoms with E-state index in [1.54, 1.807) is 0 Å². The average Bonchev–Trinajstić information content (AvgIpc) is 3.48. The Kier molecular flexibility index (Phi) is 8.87. The van der Waals surface area contributed by atoms with Gasteiger partial charge < -0.3 is 0 Å². The van der Waals surface area contributed by atoms with Gasteiger partial charge in [-0.1, -0.05) is 38.5 Å². The number of hydrogen-bond donors (Lipinski definition) is 0. The van der Waals surface area contributed by atoms with Crippen LogP contribution >= 0.6 is 0 Å². The predicted molar refractivity (Wildman–Crippen MR) is 273 cm³/mol. The van der Waals surface area contributed by atoms with Crippen molar-refractivity contribution in [3.05, 3.63) is 140 Å². The van der Waals surface area contributed by atoms with E-state index in [9.17, 15) is 0 Å². The molecule has 0 saturated heterocycles. The Labute approximate surface area is 441 Å². The highest BCUT2D eigenvalue weighted by Gasteiger charge is 2.54. The Balaban J connectivity index is 0.894. The van der Waals surface area contributed by atoms with Crippen LogP contribution in [-0.2, 0) is 0 Å². The van der Waals surface area contributed by atoms with Crippen LogP contribution in [-0.4, -0.2) is 137 Å². The normalized spacial score (nSPS) is 26.0. The van der Waals surface area contributed by atoms with Gasteiger partial charge in [0.25, 0.3) is 70.9 Å². The van der Waals surface area contributed by atoms with Crippen molar-refractivity contribution in [2.24, 2.45) is 0 Å². The Morgan fingerprint density at radius 2 is 0.295 bits per heavy atom. The van der Waals surface area contributed by atoms with E-state index >= 15 is 57.5 Å². The predicted octanol–water partition coefficient (Wildman–Crippen LogP) is 7.07. The summed E-state index contributed by atoms with van der Waals surface area (Å²) in [6.07, 6.45) is 4.74. The van der Waals surface area contributed by atoms with Crippen molar-refractivity contribution in [2.45, 2.75) is 113 Å². The van der Waals surface area contributed by atoms with Crippen LogP contribution in [0.5, 0.6) is 0 Å². The summed E-state index contributed by atoms with van der Waals surface area (Å²) in [5, 5.41) is 0.685. The number of imide groups is 6. The average molecular weight is 1040 g/mol. The topological polar surface area (TPSA) is 224 Å². The maximum atomic E-state index is 15.1. The lowest BCUT2D eigenvalue weighted by atomic mass is 9.79. The molecule has 3 aliphatic carbocycles. The lowest BCUT2D eigenvalue weighted by molar-refractivity contribution is 0.0234. The van der Waals surface area contributed by atoms with Gasteiger partial charge in [0.15, 0.2) is 0 Å². The zero-order valence-corrected chi connectivity index (χ0v) is 41.5. The zero-order chi connectivity index (χ0) is 53.2. The largest absolute Gasteiger partial charge is 0.269 e. The Bertz CT molecular complexity index is 3250. The second kappa shape index (κ2) is 15.3. The second-order valence-corrected chi connectivity index (χ2v) is 22.4. The van der Waals surface area contributed by atoms with Crippen LogP contribution in [0.4, 0.5) is 0 Å². The van der Waals surface area contributed by atoms with Crippen molar-refractivity contribution in [1.29, 1.82) is 0 Å². The van der Waals surface area contributed by atoms with E-state index < -0.39 is 107 Å². The van der Waals surface area contributed by atoms with E-state index in [2.05, 4.69) is 0 Å². The van der Waals surface area contributed by atoms with Crippen LogP contribution in [0, 0.1) is 0 Å². The molecule has 3 fully saturated rings. The molecule has 0 spiro atoms. The molecular formula is C60H42N6O12. The first-order valence-corrected chi connectivity index (χ1v) is 26.8. The molecular weight excluding hydrogens is 997 g/mol. The van der Waals surface area contributed by atoms with E-state index in [1.807, 2.05) is 0 Å². The first kappa shape index (κ1) is 45.2. The molecule has 27 aliphatic rings. The summed E-state index contributed by atoms with van der Waals surface area (Å²) >= 11 is 0. The lowest BCUT2D eigenvalue weighted by Crippen LogP contribution is -2.62. The van der Waals surface area contributed by atoms with E-state index in [0.717, 1.165) is 29.4 Å². The molecule has 2 unspecified atom stereocenters. The first-order chi connectivity index (χ1) is 37.8. The van der Waals surface area contributed by atoms with Gasteiger partial charge in [-0.2, -0.15) is 0 Å². The molecule has 0 N–H and O–H groups in total. The Morgan fingerprint density at radius 1 is 0.192 bits per heavy atom. The van der Waals surface area contributed by atoms with Crippen molar-refractivity contribution in [1.82, 2.24) is 29.4 Å². The summed E-state index contributed by atoms with van der Waals surface area (Å²) in [5.74, 6) is -8.74. The van der Waals surface area contributed by atoms with Gasteiger partial charge in [0.05, 0.1) is 36.3 Å². The number of hydrogen-bond acceptors (Lipinski definition) is 12. The van der Waals surface area contributed by atoms with E-state index in [0.29, 0.717) is 38.5 Å². The highest BCUT2D eigenvalue weighted by molar-refractivity contribution is 6.37. The maximum absolute atomic E-state index is 15.1. The van der Waals surface area contributed by atoms with E-state index in [4.69, 9.17) is 0 Å². The minimum absolute atomic E-state index is 0.0436. The molecule has 6 aromatic carbocycles. The minimum atomic E-state index is -0.999. The van der Waals surface area contributed by atoms with Gasteiger partial charge in [-0.05, 0) is 111 Å². The molecule has 18 heteroatoms. The van der Waals surface area contributed by atoms with Gasteiger partial charge in [0.1, 0.15) is 0 Å². The summed E-state index contributed by atoms with van der Waals surface area (Å²) in [6.45, 7) is 0. The maximum Gasteiger partial charge on any atom is 0.261 e. The summed E-state index contributed by atoms with van der Waals surface area (Å²) in [4.78, 5) is 187. The van der Waals surface area contributed by atoms with Crippen LogP contribution in [0.2, 0.25) is 0 Å². The molecule has 18 nitrogen and oxygen atoms in total. The standard InChI is InChI=1S/C60H42N6O12/c67-49-25-13-15-29-45-30-16-14-26(43(25)45)50(68)61(49)37-7-1-2-8-38(37)62-51(69)27-17-19-31-46-32(20-18-28(44(27)46)52(62)70)56(74)64(55(31)73)41-11-5-6-12-42(41)66-59(77)35-23-21-33-47-34(22-24-36(48(35)47)60(66)78)58(76)65(57(33)75)40-10-4-3-9-39(40)63(53(29)71)54(30)72/h13-24,37-42H,1-12H2/t37-,38-,39-,40?,41-,42?/m0/s1. The molecule has 6 atom stereocenters. The minimum Gasteiger partial charge on any atom is -0.269 e. The SMILES string of the molecule is O=C1c2ccc3c4c5ccc(c24)C(=O)N1C1CCCC[C@@H]1N1C(=O)c2ccc4c6c(ccc(c26)C1=O)C(=O)N(C4=O)[C@H]1CCCC[C@@H]1N1C(=O)c2ccc4c6c(ccc(c26)C1=O)C(=O)N(C4=O)[C@H]1CCCCC1N(C3=O)C5=O. The number of rotatable bonds is 0. The van der Waals surface area contributed by atoms with Gasteiger partial charge in [0.2, 0.25) is 0 Å². The highest BCUT2D eigenvalue weighted by Crippen LogP contribution is 2.48. The van der Waals surface area contributed by atoms with E-state index in [1.165, 1.54) is 72.8 Å². The van der Waals surface area contributed by atoms with Gasteiger partial charge in [-0.15, -0.1) is 0 Å². The van der Waals surface area contributed by atoms with Crippen LogP contribution in [0.3, 0.4) is 0 Å². The van der Waals surface area contributed by atoms with Crippen LogP contribution in [0.25, 0.3) is 32.3 Å². The second-order valence-electron chi connectivity index (χ2n) is 22.4. The molecule has 6 aromatic rings. The number of amides is 12. The number of benzene rings is 6. The van der Waals surface area contributed by atoms with Crippen molar-refractivity contribution in [2.75, 3.05) is 0 Å². The monoisotopic (exact) mass is 1040 g/mol. The summed E-state index contributed by atoms with van der Waals surface area (Å²) in [5.41, 5.74) is 0.523. The molecule has 12 amide bonds. The summed E-state index contributed by atoms with van der Waals surface area (Å²) in [7, 11) is 0. The fraction of sp³-hybridized carbons (Fsp3) is 0.300. The van der Waals surface area contributed by atoms with Crippen molar-refractivity contribution in [3.63, 3.8) is 0 Å². The van der Waals surface area contributed by atoms with Crippen LogP contribution in [0.1, 0.15) is 201 Å². The van der Waals surface area contributed by atoms with Crippen LogP contribution < -0.4 is 0 Å². The van der Waals surface area contributed by atoms with Crippen molar-refractivity contribution < 1.29 is 57.5 Å². The molecule has 33 rings (SSSR count). The summed E-state index contributed by atoms with van der Waals surface area (Å²) in [6, 6.07) is 11.3. The molecule has 24 bridgehead atoms. The van der Waals surface area contributed by atoms with Gasteiger partial charge in [-0.25, -0.2) is 0 Å². The summed E-state index contributed by atoms with van der Waals surface area (Å²) < 4.78 is 0. The molecule has 0 aromatic heterocycles. The molecule has 24 heterocycles. The van der Waals surface area contributed by atoms with Crippen LogP contribution in [0.15, 0.2) is 72.8 Å². The fourth-order valence-electron chi connectivity index (χ4n) is 15.6. The molecule has 3 saturated carbocycles.